The molecule has 0 amide bonds. The van der Waals surface area contributed by atoms with Crippen molar-refractivity contribution in [1.82, 2.24) is 19.5 Å². The molecule has 94 valence electrons. The predicted molar refractivity (Wildman–Crippen MR) is 60.7 cm³/mol. The van der Waals surface area contributed by atoms with Gasteiger partial charge in [-0.1, -0.05) is 0 Å². The number of hydrogen-bond donors (Lipinski definition) is 2. The van der Waals surface area contributed by atoms with Gasteiger partial charge in [0.25, 0.3) is 5.56 Å². The summed E-state index contributed by atoms with van der Waals surface area (Å²) in [4.78, 5) is 22.3. The Morgan fingerprint density at radius 2 is 2.39 bits per heavy atom. The second-order valence-corrected chi connectivity index (χ2v) is 4.87. The van der Waals surface area contributed by atoms with Crippen LogP contribution < -0.4 is 5.56 Å². The summed E-state index contributed by atoms with van der Waals surface area (Å²) in [6, 6.07) is 0. The molecule has 0 aromatic carbocycles. The number of nitrogens with zero attached hydrogens (tertiary/aromatic N) is 3. The lowest BCUT2D eigenvalue weighted by Gasteiger charge is -2.17. The Labute approximate surface area is 101 Å². The summed E-state index contributed by atoms with van der Waals surface area (Å²) in [7, 11) is 0. The molecule has 1 saturated heterocycles. The number of aliphatic hydroxyl groups excluding tert-OH is 1. The number of aromatic amines is 1. The lowest BCUT2D eigenvalue weighted by molar-refractivity contribution is -0.0479. The summed E-state index contributed by atoms with van der Waals surface area (Å²) in [5.41, 5.74) is 0.613. The smallest absolute Gasteiger partial charge is 0.278 e. The van der Waals surface area contributed by atoms with Crippen LogP contribution in [0.2, 0.25) is 0 Å². The highest BCUT2D eigenvalue weighted by atomic mass is 16.5. The summed E-state index contributed by atoms with van der Waals surface area (Å²) < 4.78 is 7.58. The van der Waals surface area contributed by atoms with E-state index in [-0.39, 0.29) is 24.5 Å². The van der Waals surface area contributed by atoms with Crippen LogP contribution in [0.5, 0.6) is 0 Å². The number of H-pyrrole nitrogens is 1. The van der Waals surface area contributed by atoms with Crippen LogP contribution in [0.4, 0.5) is 0 Å². The maximum atomic E-state index is 11.6. The second-order valence-electron chi connectivity index (χ2n) is 4.87. The normalized spacial score (nSPS) is 33.8. The minimum absolute atomic E-state index is 0.0400. The van der Waals surface area contributed by atoms with Gasteiger partial charge < -0.3 is 14.8 Å². The van der Waals surface area contributed by atoms with Gasteiger partial charge in [0, 0.05) is 5.92 Å². The number of rotatable bonds is 2. The third-order valence-electron chi connectivity index (χ3n) is 3.87. The molecule has 0 spiro atoms. The number of imidazole rings is 1. The van der Waals surface area contributed by atoms with Crippen LogP contribution in [-0.4, -0.2) is 37.3 Å². The number of hydrogen-bond acceptors (Lipinski definition) is 5. The molecule has 2 fully saturated rings. The second kappa shape index (κ2) is 3.39. The fourth-order valence-electron chi connectivity index (χ4n) is 2.87. The van der Waals surface area contributed by atoms with E-state index >= 15 is 0 Å². The fourth-order valence-corrected chi connectivity index (χ4v) is 2.87. The average Bonchev–Trinajstić information content (AvgIpc) is 2.91. The van der Waals surface area contributed by atoms with Gasteiger partial charge >= 0.3 is 0 Å². The third kappa shape index (κ3) is 1.23. The molecule has 3 heterocycles. The molecule has 0 radical (unpaired) electrons. The first-order valence-electron chi connectivity index (χ1n) is 5.96. The van der Waals surface area contributed by atoms with E-state index in [1.165, 1.54) is 6.33 Å². The number of ether oxygens (including phenoxy) is 1. The van der Waals surface area contributed by atoms with E-state index in [0.717, 1.165) is 6.42 Å². The zero-order valence-electron chi connectivity index (χ0n) is 9.48. The van der Waals surface area contributed by atoms with Crippen molar-refractivity contribution in [3.8, 4) is 0 Å². The first-order chi connectivity index (χ1) is 8.79. The van der Waals surface area contributed by atoms with E-state index in [1.54, 1.807) is 10.9 Å². The number of aromatic nitrogens is 4. The van der Waals surface area contributed by atoms with Gasteiger partial charge in [-0.05, 0) is 12.3 Å². The van der Waals surface area contributed by atoms with Crippen LogP contribution in [0.1, 0.15) is 12.6 Å². The van der Waals surface area contributed by atoms with Crippen LogP contribution >= 0.6 is 0 Å². The SMILES string of the molecule is O=c1[nH]cnc2c1ncn2[C@H]1O[C@H](CO)[C@@H]2C[C@@H]21. The maximum absolute atomic E-state index is 11.6. The topological polar surface area (TPSA) is 93.0 Å². The van der Waals surface area contributed by atoms with Gasteiger partial charge in [-0.15, -0.1) is 0 Å². The molecule has 0 unspecified atom stereocenters. The minimum atomic E-state index is -0.247. The molecule has 1 aliphatic heterocycles. The van der Waals surface area contributed by atoms with Crippen LogP contribution in [-0.2, 0) is 4.74 Å². The van der Waals surface area contributed by atoms with Crippen molar-refractivity contribution in [2.75, 3.05) is 6.61 Å². The summed E-state index contributed by atoms with van der Waals surface area (Å²) >= 11 is 0. The van der Waals surface area contributed by atoms with Crippen molar-refractivity contribution in [2.45, 2.75) is 18.8 Å². The maximum Gasteiger partial charge on any atom is 0.278 e. The summed E-state index contributed by atoms with van der Waals surface area (Å²) in [6.45, 7) is 0.0400. The first kappa shape index (κ1) is 10.2. The molecule has 7 nitrogen and oxygen atoms in total. The van der Waals surface area contributed by atoms with Gasteiger partial charge in [0.1, 0.15) is 6.23 Å². The van der Waals surface area contributed by atoms with E-state index in [0.29, 0.717) is 23.0 Å². The summed E-state index contributed by atoms with van der Waals surface area (Å²) in [6.07, 6.45) is 3.75. The molecule has 1 saturated carbocycles. The lowest BCUT2D eigenvalue weighted by atomic mass is 10.2. The van der Waals surface area contributed by atoms with Gasteiger partial charge in [0.15, 0.2) is 11.2 Å². The lowest BCUT2D eigenvalue weighted by Crippen LogP contribution is -2.19. The van der Waals surface area contributed by atoms with Crippen LogP contribution in [0, 0.1) is 11.8 Å². The summed E-state index contributed by atoms with van der Waals surface area (Å²) in [5, 5.41) is 9.22. The highest BCUT2D eigenvalue weighted by Gasteiger charge is 2.56. The molecule has 2 aromatic rings. The third-order valence-corrected chi connectivity index (χ3v) is 3.87. The molecule has 7 heteroatoms. The van der Waals surface area contributed by atoms with Gasteiger partial charge in [0.2, 0.25) is 0 Å². The Hall–Kier alpha value is -1.73. The fraction of sp³-hybridized carbons (Fsp3) is 0.545. The van der Waals surface area contributed by atoms with E-state index in [1.807, 2.05) is 0 Å². The van der Waals surface area contributed by atoms with Crippen molar-refractivity contribution in [3.63, 3.8) is 0 Å². The molecule has 4 atom stereocenters. The van der Waals surface area contributed by atoms with Crippen molar-refractivity contribution >= 4 is 11.2 Å². The molecular formula is C11H12N4O3. The highest BCUT2D eigenvalue weighted by molar-refractivity contribution is 5.68. The Kier molecular flexibility index (Phi) is 1.93. The zero-order chi connectivity index (χ0) is 12.3. The van der Waals surface area contributed by atoms with Gasteiger partial charge in [-0.25, -0.2) is 9.97 Å². The Morgan fingerprint density at radius 1 is 1.50 bits per heavy atom. The average molecular weight is 248 g/mol. The van der Waals surface area contributed by atoms with Crippen LogP contribution in [0.15, 0.2) is 17.4 Å². The number of aliphatic hydroxyl groups is 1. The quantitative estimate of drug-likeness (QED) is 0.757. The van der Waals surface area contributed by atoms with E-state index < -0.39 is 0 Å². The van der Waals surface area contributed by atoms with Crippen molar-refractivity contribution in [3.05, 3.63) is 23.0 Å². The van der Waals surface area contributed by atoms with Crippen LogP contribution in [0.3, 0.4) is 0 Å². The molecule has 2 aromatic heterocycles. The van der Waals surface area contributed by atoms with Gasteiger partial charge in [-0.3, -0.25) is 9.36 Å². The number of fused-ring (bicyclic) bond motifs is 2. The van der Waals surface area contributed by atoms with Crippen molar-refractivity contribution in [2.24, 2.45) is 11.8 Å². The Balaban J connectivity index is 1.80. The predicted octanol–water partition coefficient (Wildman–Crippen LogP) is -0.355. The molecular weight excluding hydrogens is 236 g/mol. The van der Waals surface area contributed by atoms with Crippen molar-refractivity contribution < 1.29 is 9.84 Å². The Morgan fingerprint density at radius 3 is 3.17 bits per heavy atom. The van der Waals surface area contributed by atoms with Crippen molar-refractivity contribution in [1.29, 1.82) is 0 Å². The standard InChI is InChI=1S/C11H12N4O3/c16-2-7-5-1-6(5)11(18-7)15-4-14-8-9(15)12-3-13-10(8)17/h3-7,11,16H,1-2H2,(H,12,13,17)/t5-,6+,7-,11+/m1/s1. The molecule has 1 aliphatic carbocycles. The zero-order valence-corrected chi connectivity index (χ0v) is 9.48. The molecule has 2 aliphatic rings. The highest BCUT2D eigenvalue weighted by Crippen LogP contribution is 2.56. The van der Waals surface area contributed by atoms with E-state index in [9.17, 15) is 9.90 Å². The van der Waals surface area contributed by atoms with Gasteiger partial charge in [0.05, 0.1) is 25.4 Å². The summed E-state index contributed by atoms with van der Waals surface area (Å²) in [5.74, 6) is 0.833. The Bertz CT molecular complexity index is 664. The molecule has 4 rings (SSSR count). The van der Waals surface area contributed by atoms with E-state index in [2.05, 4.69) is 15.0 Å². The largest absolute Gasteiger partial charge is 0.394 e. The van der Waals surface area contributed by atoms with Crippen LogP contribution in [0.25, 0.3) is 11.2 Å². The molecule has 18 heavy (non-hydrogen) atoms. The van der Waals surface area contributed by atoms with Gasteiger partial charge in [-0.2, -0.15) is 0 Å². The monoisotopic (exact) mass is 248 g/mol. The van der Waals surface area contributed by atoms with E-state index in [4.69, 9.17) is 4.74 Å². The molecule has 0 bridgehead atoms. The first-order valence-corrected chi connectivity index (χ1v) is 5.96. The number of nitrogens with one attached hydrogen (secondary N) is 1. The minimum Gasteiger partial charge on any atom is -0.394 e. The molecule has 2 N–H and O–H groups in total.